The molecule has 5 atom stereocenters. The first-order chi connectivity index (χ1) is 11.1. The predicted molar refractivity (Wildman–Crippen MR) is 95.4 cm³/mol. The van der Waals surface area contributed by atoms with Crippen LogP contribution in [0.5, 0.6) is 0 Å². The average molecular weight is 330 g/mol. The van der Waals surface area contributed by atoms with Gasteiger partial charge in [-0.3, -0.25) is 0 Å². The Hall–Kier alpha value is -0.160. The number of hydrogen-bond acceptors (Lipinski definition) is 4. The first-order valence-corrected chi connectivity index (χ1v) is 9.83. The van der Waals surface area contributed by atoms with Crippen molar-refractivity contribution in [2.45, 2.75) is 109 Å². The van der Waals surface area contributed by atoms with Gasteiger partial charge in [-0.1, -0.05) is 71.6 Å². The van der Waals surface area contributed by atoms with E-state index >= 15 is 0 Å². The van der Waals surface area contributed by atoms with Gasteiger partial charge in [0.2, 0.25) is 0 Å². The molecule has 4 heteroatoms. The highest BCUT2D eigenvalue weighted by atomic mass is 16.3. The molecule has 0 aliphatic carbocycles. The number of unbranched alkanes of at least 4 members (excludes halogenated alkanes) is 7. The minimum absolute atomic E-state index is 0.0338. The van der Waals surface area contributed by atoms with Gasteiger partial charge in [-0.2, -0.15) is 0 Å². The molecule has 0 bridgehead atoms. The van der Waals surface area contributed by atoms with E-state index in [4.69, 9.17) is 5.11 Å². The molecule has 1 heterocycles. The second kappa shape index (κ2) is 12.2. The number of nitrogens with one attached hydrogen (secondary N) is 1. The molecule has 0 amide bonds. The predicted octanol–water partition coefficient (Wildman–Crippen LogP) is 2.99. The Kier molecular flexibility index (Phi) is 11.1. The summed E-state index contributed by atoms with van der Waals surface area (Å²) in [5, 5.41) is 31.8. The van der Waals surface area contributed by atoms with E-state index in [-0.39, 0.29) is 30.9 Å². The van der Waals surface area contributed by atoms with Crippen molar-refractivity contribution in [2.24, 2.45) is 5.92 Å². The van der Waals surface area contributed by atoms with Crippen molar-refractivity contribution >= 4 is 0 Å². The van der Waals surface area contributed by atoms with Gasteiger partial charge in [0.05, 0.1) is 24.9 Å². The molecule has 1 aliphatic rings. The van der Waals surface area contributed by atoms with E-state index in [1.807, 2.05) is 0 Å². The quantitative estimate of drug-likeness (QED) is 0.370. The van der Waals surface area contributed by atoms with Crippen LogP contribution in [-0.2, 0) is 0 Å². The van der Waals surface area contributed by atoms with Crippen LogP contribution in [0.2, 0.25) is 0 Å². The lowest BCUT2D eigenvalue weighted by Gasteiger charge is -2.42. The maximum atomic E-state index is 9.90. The van der Waals surface area contributed by atoms with Crippen LogP contribution in [0.25, 0.3) is 0 Å². The summed E-state index contributed by atoms with van der Waals surface area (Å²) in [6.45, 7) is 4.30. The zero-order valence-corrected chi connectivity index (χ0v) is 15.2. The van der Waals surface area contributed by atoms with Crippen LogP contribution < -0.4 is 5.32 Å². The lowest BCUT2D eigenvalue weighted by molar-refractivity contribution is -0.0192. The summed E-state index contributed by atoms with van der Waals surface area (Å²) in [7, 11) is 0. The summed E-state index contributed by atoms with van der Waals surface area (Å²) in [5.74, 6) is 0.436. The molecule has 0 spiro atoms. The van der Waals surface area contributed by atoms with Gasteiger partial charge in [-0.05, 0) is 18.8 Å². The van der Waals surface area contributed by atoms with Crippen molar-refractivity contribution in [1.82, 2.24) is 5.32 Å². The fraction of sp³-hybridized carbons (Fsp3) is 1.00. The van der Waals surface area contributed by atoms with E-state index in [2.05, 4.69) is 19.2 Å². The molecule has 138 valence electrons. The summed E-state index contributed by atoms with van der Waals surface area (Å²) >= 11 is 0. The normalized spacial score (nSPS) is 26.7. The third kappa shape index (κ3) is 7.97. The maximum Gasteiger partial charge on any atom is 0.0868 e. The minimum atomic E-state index is -0.356. The van der Waals surface area contributed by atoms with E-state index < -0.39 is 0 Å². The van der Waals surface area contributed by atoms with Gasteiger partial charge >= 0.3 is 0 Å². The lowest BCUT2D eigenvalue weighted by atomic mass is 9.89. The molecule has 1 fully saturated rings. The van der Waals surface area contributed by atoms with Crippen molar-refractivity contribution in [1.29, 1.82) is 0 Å². The molecule has 0 saturated carbocycles. The molecular weight excluding hydrogens is 290 g/mol. The molecular formula is C19H39NO3. The lowest BCUT2D eigenvalue weighted by Crippen LogP contribution is -2.66. The summed E-state index contributed by atoms with van der Waals surface area (Å²) in [6, 6.07) is 0.0999. The number of aliphatic hydroxyl groups is 3. The Balaban J connectivity index is 1.80. The van der Waals surface area contributed by atoms with Crippen LogP contribution >= 0.6 is 0 Å². The first kappa shape index (κ1) is 20.9. The summed E-state index contributed by atoms with van der Waals surface area (Å²) in [4.78, 5) is 0. The third-order valence-corrected chi connectivity index (χ3v) is 5.52. The first-order valence-electron chi connectivity index (χ1n) is 9.83. The largest absolute Gasteiger partial charge is 0.395 e. The van der Waals surface area contributed by atoms with Crippen molar-refractivity contribution in [3.8, 4) is 0 Å². The van der Waals surface area contributed by atoms with Crippen molar-refractivity contribution < 1.29 is 15.3 Å². The number of hydrogen-bond donors (Lipinski definition) is 4. The fourth-order valence-corrected chi connectivity index (χ4v) is 3.38. The topological polar surface area (TPSA) is 72.7 Å². The minimum Gasteiger partial charge on any atom is -0.395 e. The van der Waals surface area contributed by atoms with Gasteiger partial charge < -0.3 is 20.6 Å². The SMILES string of the molecule is CC[C@H](C)[C@@H](O)CCCCCCCCCC[C@@H]1N[C@H](CO)[C@@H]1O. The monoisotopic (exact) mass is 329 g/mol. The zero-order chi connectivity index (χ0) is 17.1. The highest BCUT2D eigenvalue weighted by Gasteiger charge is 2.37. The zero-order valence-electron chi connectivity index (χ0n) is 15.2. The molecule has 0 aromatic heterocycles. The van der Waals surface area contributed by atoms with Gasteiger partial charge in [0.1, 0.15) is 0 Å². The molecule has 4 nitrogen and oxygen atoms in total. The molecule has 4 N–H and O–H groups in total. The van der Waals surface area contributed by atoms with E-state index in [1.165, 1.54) is 38.5 Å². The molecule has 1 rings (SSSR count). The van der Waals surface area contributed by atoms with Crippen LogP contribution in [0.3, 0.4) is 0 Å². The van der Waals surface area contributed by atoms with Crippen LogP contribution in [-0.4, -0.2) is 46.2 Å². The van der Waals surface area contributed by atoms with Gasteiger partial charge in [0.25, 0.3) is 0 Å². The van der Waals surface area contributed by atoms with Crippen molar-refractivity contribution in [3.05, 3.63) is 0 Å². The summed E-state index contributed by atoms with van der Waals surface area (Å²) < 4.78 is 0. The smallest absolute Gasteiger partial charge is 0.0868 e. The van der Waals surface area contributed by atoms with E-state index in [9.17, 15) is 10.2 Å². The Morgan fingerprint density at radius 2 is 1.48 bits per heavy atom. The second-order valence-electron chi connectivity index (χ2n) is 7.41. The highest BCUT2D eigenvalue weighted by molar-refractivity contribution is 4.97. The summed E-state index contributed by atoms with van der Waals surface area (Å²) in [6.07, 6.45) is 12.5. The van der Waals surface area contributed by atoms with Crippen LogP contribution in [0.1, 0.15) is 84.5 Å². The number of rotatable bonds is 14. The van der Waals surface area contributed by atoms with Gasteiger partial charge in [0, 0.05) is 6.04 Å². The Morgan fingerprint density at radius 3 is 2.00 bits per heavy atom. The molecule has 0 aromatic carbocycles. The fourth-order valence-electron chi connectivity index (χ4n) is 3.38. The molecule has 1 aliphatic heterocycles. The highest BCUT2D eigenvalue weighted by Crippen LogP contribution is 2.19. The molecule has 0 radical (unpaired) electrons. The third-order valence-electron chi connectivity index (χ3n) is 5.52. The standard InChI is InChI=1S/C19H39NO3/c1-3-15(2)18(22)13-11-9-7-5-4-6-8-10-12-16-19(23)17(14-21)20-16/h15-23H,3-14H2,1-2H3/t15-,16-,17+,18-,19+/m0/s1. The van der Waals surface area contributed by atoms with E-state index in [0.29, 0.717) is 5.92 Å². The Bertz CT molecular complexity index is 288. The van der Waals surface area contributed by atoms with Crippen LogP contribution in [0.15, 0.2) is 0 Å². The Morgan fingerprint density at radius 1 is 0.913 bits per heavy atom. The van der Waals surface area contributed by atoms with Crippen LogP contribution in [0, 0.1) is 5.92 Å². The van der Waals surface area contributed by atoms with E-state index in [1.54, 1.807) is 0 Å². The average Bonchev–Trinajstić information content (AvgIpc) is 2.56. The molecule has 0 aromatic rings. The Labute approximate surface area is 142 Å². The molecule has 0 unspecified atom stereocenters. The second-order valence-corrected chi connectivity index (χ2v) is 7.41. The van der Waals surface area contributed by atoms with Gasteiger partial charge in [-0.25, -0.2) is 0 Å². The summed E-state index contributed by atoms with van der Waals surface area (Å²) in [5.41, 5.74) is 0. The van der Waals surface area contributed by atoms with Gasteiger partial charge in [-0.15, -0.1) is 0 Å². The van der Waals surface area contributed by atoms with Crippen molar-refractivity contribution in [2.75, 3.05) is 6.61 Å². The number of aliphatic hydroxyl groups excluding tert-OH is 3. The molecule has 23 heavy (non-hydrogen) atoms. The van der Waals surface area contributed by atoms with Crippen molar-refractivity contribution in [3.63, 3.8) is 0 Å². The maximum absolute atomic E-state index is 9.90. The van der Waals surface area contributed by atoms with E-state index in [0.717, 1.165) is 32.1 Å². The van der Waals surface area contributed by atoms with Crippen LogP contribution in [0.4, 0.5) is 0 Å². The van der Waals surface area contributed by atoms with Gasteiger partial charge in [0.15, 0.2) is 0 Å². The molecule has 1 saturated heterocycles.